The Morgan fingerprint density at radius 2 is 2.26 bits per heavy atom. The van der Waals surface area contributed by atoms with Gasteiger partial charge in [0.2, 0.25) is 0 Å². The van der Waals surface area contributed by atoms with Crippen molar-refractivity contribution in [3.8, 4) is 5.75 Å². The van der Waals surface area contributed by atoms with Crippen LogP contribution in [0.25, 0.3) is 0 Å². The van der Waals surface area contributed by atoms with E-state index in [0.717, 1.165) is 6.42 Å². The molecule has 0 saturated carbocycles. The van der Waals surface area contributed by atoms with Crippen molar-refractivity contribution >= 4 is 11.6 Å². The third-order valence-corrected chi connectivity index (χ3v) is 3.48. The normalized spacial score (nSPS) is 23.2. The van der Waals surface area contributed by atoms with Crippen LogP contribution in [0.1, 0.15) is 30.1 Å². The number of ether oxygens (including phenoxy) is 1. The fourth-order valence-electron chi connectivity index (χ4n) is 2.47. The second-order valence-corrected chi connectivity index (χ2v) is 5.25. The van der Waals surface area contributed by atoms with E-state index in [1.165, 1.54) is 7.11 Å². The van der Waals surface area contributed by atoms with Crippen LogP contribution in [0, 0.1) is 0 Å². The number of carbonyl (C=O) groups excluding carboxylic acids is 1. The summed E-state index contributed by atoms with van der Waals surface area (Å²) in [6, 6.07) is 5.15. The van der Waals surface area contributed by atoms with Crippen LogP contribution in [-0.2, 0) is 0 Å². The van der Waals surface area contributed by atoms with E-state index in [1.807, 2.05) is 0 Å². The molecule has 1 saturated heterocycles. The predicted octanol–water partition coefficient (Wildman–Crippen LogP) is 1.26. The first kappa shape index (κ1) is 13.7. The number of hydrogen-bond acceptors (Lipinski definition) is 4. The van der Waals surface area contributed by atoms with Crippen molar-refractivity contribution in [3.63, 3.8) is 0 Å². The van der Waals surface area contributed by atoms with Crippen LogP contribution in [0.2, 0.25) is 0 Å². The number of rotatable bonds is 2. The predicted molar refractivity (Wildman–Crippen MR) is 73.2 cm³/mol. The van der Waals surface area contributed by atoms with E-state index in [2.05, 4.69) is 0 Å². The number of likely N-dealkylation sites (tertiary alicyclic amines) is 1. The largest absolute Gasteiger partial charge is 0.495 e. The Hall–Kier alpha value is -1.75. The van der Waals surface area contributed by atoms with Crippen LogP contribution >= 0.6 is 0 Å². The molecule has 0 bridgehead atoms. The van der Waals surface area contributed by atoms with Gasteiger partial charge in [0.1, 0.15) is 5.75 Å². The number of nitrogens with zero attached hydrogens (tertiary/aromatic N) is 1. The molecule has 104 valence electrons. The first-order valence-corrected chi connectivity index (χ1v) is 6.39. The van der Waals surface area contributed by atoms with E-state index in [1.54, 1.807) is 30.0 Å². The van der Waals surface area contributed by atoms with Crippen LogP contribution in [0.5, 0.6) is 5.75 Å². The zero-order chi connectivity index (χ0) is 14.0. The highest BCUT2D eigenvalue weighted by molar-refractivity contribution is 6.00. The summed E-state index contributed by atoms with van der Waals surface area (Å²) in [5.41, 5.74) is 5.89. The summed E-state index contributed by atoms with van der Waals surface area (Å²) < 4.78 is 5.12. The maximum Gasteiger partial charge on any atom is 0.256 e. The Kier molecular flexibility index (Phi) is 3.66. The zero-order valence-electron chi connectivity index (χ0n) is 11.3. The Labute approximate surface area is 113 Å². The Bertz CT molecular complexity index is 486. The number of anilines is 1. The third kappa shape index (κ3) is 2.81. The maximum atomic E-state index is 12.5. The summed E-state index contributed by atoms with van der Waals surface area (Å²) in [4.78, 5) is 14.1. The van der Waals surface area contributed by atoms with E-state index < -0.39 is 5.60 Å². The van der Waals surface area contributed by atoms with Gasteiger partial charge in [-0.25, -0.2) is 0 Å². The number of nitrogen functional groups attached to an aromatic ring is 1. The minimum atomic E-state index is -0.818. The number of β-amino-alcohol motifs (C(OH)–C–C–N with tert-alkyl or cyclic N) is 1. The first-order chi connectivity index (χ1) is 8.94. The van der Waals surface area contributed by atoms with Gasteiger partial charge in [-0.1, -0.05) is 6.07 Å². The fraction of sp³-hybridized carbons (Fsp3) is 0.500. The average Bonchev–Trinajstić information content (AvgIpc) is 2.37. The highest BCUT2D eigenvalue weighted by Crippen LogP contribution is 2.28. The SMILES string of the molecule is COc1cccc(C(=O)N2CCCC(C)(O)C2)c1N. The van der Waals surface area contributed by atoms with Crippen molar-refractivity contribution in [2.24, 2.45) is 0 Å². The van der Waals surface area contributed by atoms with Gasteiger partial charge in [0.05, 0.1) is 24.0 Å². The van der Waals surface area contributed by atoms with Crippen LogP contribution in [0.15, 0.2) is 18.2 Å². The van der Waals surface area contributed by atoms with Crippen LogP contribution in [0.4, 0.5) is 5.69 Å². The van der Waals surface area contributed by atoms with Crippen molar-refractivity contribution in [2.45, 2.75) is 25.4 Å². The number of aliphatic hydroxyl groups is 1. The molecule has 1 aromatic carbocycles. The molecular weight excluding hydrogens is 244 g/mol. The quantitative estimate of drug-likeness (QED) is 0.789. The molecule has 0 aromatic heterocycles. The lowest BCUT2D eigenvalue weighted by atomic mass is 9.94. The van der Waals surface area contributed by atoms with Gasteiger partial charge in [-0.15, -0.1) is 0 Å². The molecule has 2 rings (SSSR count). The number of nitrogens with two attached hydrogens (primary N) is 1. The monoisotopic (exact) mass is 264 g/mol. The van der Waals surface area contributed by atoms with Gasteiger partial charge in [-0.3, -0.25) is 4.79 Å². The van der Waals surface area contributed by atoms with Crippen molar-refractivity contribution < 1.29 is 14.6 Å². The molecule has 0 aliphatic carbocycles. The van der Waals surface area contributed by atoms with E-state index in [4.69, 9.17) is 10.5 Å². The standard InChI is InChI=1S/C14H20N2O3/c1-14(18)7-4-8-16(9-14)13(17)10-5-3-6-11(19-2)12(10)15/h3,5-6,18H,4,7-9,15H2,1-2H3. The molecule has 0 spiro atoms. The molecular formula is C14H20N2O3. The van der Waals surface area contributed by atoms with Crippen molar-refractivity contribution in [2.75, 3.05) is 25.9 Å². The fourth-order valence-corrected chi connectivity index (χ4v) is 2.47. The van der Waals surface area contributed by atoms with E-state index in [0.29, 0.717) is 36.5 Å². The number of para-hydroxylation sites is 1. The van der Waals surface area contributed by atoms with Crippen LogP contribution in [0.3, 0.4) is 0 Å². The van der Waals surface area contributed by atoms with Gasteiger partial charge in [0, 0.05) is 13.1 Å². The molecule has 19 heavy (non-hydrogen) atoms. The molecule has 1 aliphatic heterocycles. The summed E-state index contributed by atoms with van der Waals surface area (Å²) in [7, 11) is 1.52. The molecule has 1 atom stereocenters. The summed E-state index contributed by atoms with van der Waals surface area (Å²) in [6.07, 6.45) is 1.51. The van der Waals surface area contributed by atoms with Crippen LogP contribution < -0.4 is 10.5 Å². The van der Waals surface area contributed by atoms with Crippen molar-refractivity contribution in [1.29, 1.82) is 0 Å². The highest BCUT2D eigenvalue weighted by atomic mass is 16.5. The second kappa shape index (κ2) is 5.09. The van der Waals surface area contributed by atoms with E-state index in [-0.39, 0.29) is 5.91 Å². The summed E-state index contributed by atoms with van der Waals surface area (Å²) in [5.74, 6) is 0.339. The molecule has 5 nitrogen and oxygen atoms in total. The summed E-state index contributed by atoms with van der Waals surface area (Å²) >= 11 is 0. The second-order valence-electron chi connectivity index (χ2n) is 5.25. The molecule has 1 fully saturated rings. The molecule has 5 heteroatoms. The molecule has 1 unspecified atom stereocenters. The average molecular weight is 264 g/mol. The van der Waals surface area contributed by atoms with E-state index >= 15 is 0 Å². The molecule has 1 heterocycles. The van der Waals surface area contributed by atoms with Gasteiger partial charge in [-0.2, -0.15) is 0 Å². The smallest absolute Gasteiger partial charge is 0.256 e. The Morgan fingerprint density at radius 3 is 2.89 bits per heavy atom. The number of methoxy groups -OCH3 is 1. The topological polar surface area (TPSA) is 75.8 Å². The van der Waals surface area contributed by atoms with Crippen molar-refractivity contribution in [1.82, 2.24) is 4.90 Å². The molecule has 1 aliphatic rings. The van der Waals surface area contributed by atoms with E-state index in [9.17, 15) is 9.90 Å². The lowest BCUT2D eigenvalue weighted by Crippen LogP contribution is -2.48. The number of hydrogen-bond donors (Lipinski definition) is 2. The summed E-state index contributed by atoms with van der Waals surface area (Å²) in [5, 5.41) is 10.1. The number of piperidine rings is 1. The van der Waals surface area contributed by atoms with Gasteiger partial charge >= 0.3 is 0 Å². The minimum Gasteiger partial charge on any atom is -0.495 e. The zero-order valence-corrected chi connectivity index (χ0v) is 11.3. The minimum absolute atomic E-state index is 0.156. The van der Waals surface area contributed by atoms with Crippen LogP contribution in [-0.4, -0.2) is 41.7 Å². The van der Waals surface area contributed by atoms with Gasteiger partial charge in [-0.05, 0) is 31.9 Å². The number of amides is 1. The summed E-state index contributed by atoms with van der Waals surface area (Å²) in [6.45, 7) is 2.73. The highest BCUT2D eigenvalue weighted by Gasteiger charge is 2.32. The lowest BCUT2D eigenvalue weighted by molar-refractivity contribution is -0.0107. The molecule has 1 amide bonds. The Balaban J connectivity index is 2.25. The first-order valence-electron chi connectivity index (χ1n) is 6.39. The lowest BCUT2D eigenvalue weighted by Gasteiger charge is -2.37. The van der Waals surface area contributed by atoms with Gasteiger partial charge < -0.3 is 20.5 Å². The van der Waals surface area contributed by atoms with Gasteiger partial charge in [0.25, 0.3) is 5.91 Å². The molecule has 3 N–H and O–H groups in total. The number of carbonyl (C=O) groups is 1. The van der Waals surface area contributed by atoms with Crippen molar-refractivity contribution in [3.05, 3.63) is 23.8 Å². The Morgan fingerprint density at radius 1 is 1.53 bits per heavy atom. The number of benzene rings is 1. The molecule has 1 aromatic rings. The third-order valence-electron chi connectivity index (χ3n) is 3.48. The molecule has 0 radical (unpaired) electrons. The van der Waals surface area contributed by atoms with Gasteiger partial charge in [0.15, 0.2) is 0 Å². The maximum absolute atomic E-state index is 12.5.